The molecular weight excluding hydrogens is 291 g/mol. The highest BCUT2D eigenvalue weighted by molar-refractivity contribution is 5.85. The molecule has 1 unspecified atom stereocenters. The Balaban J connectivity index is 0.00000400. The number of hydrogen-bond acceptors (Lipinski definition) is 2. The fourth-order valence-electron chi connectivity index (χ4n) is 1.89. The van der Waals surface area contributed by atoms with Crippen molar-refractivity contribution in [3.63, 3.8) is 0 Å². The molecule has 1 amide bonds. The van der Waals surface area contributed by atoms with Gasteiger partial charge in [-0.25, -0.2) is 4.39 Å². The Morgan fingerprint density at radius 3 is 2.38 bits per heavy atom. The molecule has 2 N–H and O–H groups in total. The van der Waals surface area contributed by atoms with E-state index in [0.717, 1.165) is 12.0 Å². The Morgan fingerprint density at radius 1 is 1.29 bits per heavy atom. The molecule has 0 bridgehead atoms. The van der Waals surface area contributed by atoms with Gasteiger partial charge in [0.15, 0.2) is 0 Å². The summed E-state index contributed by atoms with van der Waals surface area (Å²) in [5, 5.41) is 0. The number of nitrogens with two attached hydrogens (primary N) is 1. The van der Waals surface area contributed by atoms with Gasteiger partial charge in [-0.3, -0.25) is 4.79 Å². The van der Waals surface area contributed by atoms with Crippen molar-refractivity contribution in [3.05, 3.63) is 35.6 Å². The number of hydrogen-bond donors (Lipinski definition) is 1. The standard InChI is InChI=1S/C16H25FN2O.ClH/c1-12(2)15(18)10-11-19(3)16(20)9-6-13-4-7-14(17)8-5-13;/h4-5,7-8,12,15H,6,9-11,18H2,1-3H3;1H. The monoisotopic (exact) mass is 316 g/mol. The number of benzene rings is 1. The van der Waals surface area contributed by atoms with Crippen LogP contribution in [-0.2, 0) is 11.2 Å². The minimum Gasteiger partial charge on any atom is -0.346 e. The number of aryl methyl sites for hydroxylation is 1. The maximum absolute atomic E-state index is 12.8. The molecule has 0 aromatic heterocycles. The van der Waals surface area contributed by atoms with Gasteiger partial charge < -0.3 is 10.6 Å². The van der Waals surface area contributed by atoms with Crippen LogP contribution in [0.4, 0.5) is 4.39 Å². The second kappa shape index (κ2) is 9.74. The van der Waals surface area contributed by atoms with Gasteiger partial charge >= 0.3 is 0 Å². The van der Waals surface area contributed by atoms with E-state index in [1.54, 1.807) is 24.1 Å². The summed E-state index contributed by atoms with van der Waals surface area (Å²) in [5.41, 5.74) is 6.95. The summed E-state index contributed by atoms with van der Waals surface area (Å²) < 4.78 is 12.8. The molecule has 0 aliphatic rings. The minimum atomic E-state index is -0.250. The van der Waals surface area contributed by atoms with E-state index in [2.05, 4.69) is 13.8 Å². The average molecular weight is 317 g/mol. The van der Waals surface area contributed by atoms with Crippen LogP contribution >= 0.6 is 12.4 Å². The highest BCUT2D eigenvalue weighted by Crippen LogP contribution is 2.08. The lowest BCUT2D eigenvalue weighted by Crippen LogP contribution is -2.34. The van der Waals surface area contributed by atoms with Crippen molar-refractivity contribution < 1.29 is 9.18 Å². The maximum atomic E-state index is 12.8. The Kier molecular flexibility index (Phi) is 9.22. The molecule has 1 aromatic carbocycles. The molecule has 0 aliphatic heterocycles. The van der Waals surface area contributed by atoms with Crippen LogP contribution in [0.1, 0.15) is 32.3 Å². The average Bonchev–Trinajstić information content (AvgIpc) is 2.43. The van der Waals surface area contributed by atoms with Crippen molar-refractivity contribution in [2.24, 2.45) is 11.7 Å². The van der Waals surface area contributed by atoms with Gasteiger partial charge in [-0.05, 0) is 36.5 Å². The summed E-state index contributed by atoms with van der Waals surface area (Å²) in [6.45, 7) is 4.85. The molecule has 0 heterocycles. The van der Waals surface area contributed by atoms with Crippen molar-refractivity contribution in [3.8, 4) is 0 Å². The largest absolute Gasteiger partial charge is 0.346 e. The lowest BCUT2D eigenvalue weighted by Gasteiger charge is -2.21. The normalized spacial score (nSPS) is 11.9. The summed E-state index contributed by atoms with van der Waals surface area (Å²) in [4.78, 5) is 13.7. The number of rotatable bonds is 7. The van der Waals surface area contributed by atoms with E-state index in [9.17, 15) is 9.18 Å². The Bertz CT molecular complexity index is 423. The van der Waals surface area contributed by atoms with Crippen LogP contribution in [0.2, 0.25) is 0 Å². The molecule has 0 saturated heterocycles. The maximum Gasteiger partial charge on any atom is 0.222 e. The molecule has 3 nitrogen and oxygen atoms in total. The van der Waals surface area contributed by atoms with Gasteiger partial charge in [0.2, 0.25) is 5.91 Å². The third-order valence-electron chi connectivity index (χ3n) is 3.62. The fraction of sp³-hybridized carbons (Fsp3) is 0.562. The van der Waals surface area contributed by atoms with Crippen LogP contribution in [0.5, 0.6) is 0 Å². The van der Waals surface area contributed by atoms with Crippen molar-refractivity contribution >= 4 is 18.3 Å². The van der Waals surface area contributed by atoms with Gasteiger partial charge in [0.25, 0.3) is 0 Å². The summed E-state index contributed by atoms with van der Waals surface area (Å²) in [6, 6.07) is 6.41. The van der Waals surface area contributed by atoms with Crippen LogP contribution in [0.15, 0.2) is 24.3 Å². The molecular formula is C16H26ClFN2O. The van der Waals surface area contributed by atoms with E-state index >= 15 is 0 Å². The minimum absolute atomic E-state index is 0. The van der Waals surface area contributed by atoms with Crippen LogP contribution in [0.25, 0.3) is 0 Å². The lowest BCUT2D eigenvalue weighted by molar-refractivity contribution is -0.129. The topological polar surface area (TPSA) is 46.3 Å². The third-order valence-corrected chi connectivity index (χ3v) is 3.62. The molecule has 1 aromatic rings. The van der Waals surface area contributed by atoms with Crippen LogP contribution in [-0.4, -0.2) is 30.4 Å². The van der Waals surface area contributed by atoms with Gasteiger partial charge in [0.05, 0.1) is 0 Å². The quantitative estimate of drug-likeness (QED) is 0.840. The van der Waals surface area contributed by atoms with Crippen LogP contribution < -0.4 is 5.73 Å². The predicted octanol–water partition coefficient (Wildman–Crippen LogP) is 3.01. The molecule has 0 fully saturated rings. The van der Waals surface area contributed by atoms with Crippen LogP contribution in [0, 0.1) is 11.7 Å². The number of halogens is 2. The first kappa shape index (κ1) is 19.9. The highest BCUT2D eigenvalue weighted by Gasteiger charge is 2.12. The first-order valence-corrected chi connectivity index (χ1v) is 7.14. The zero-order valence-electron chi connectivity index (χ0n) is 13.0. The Morgan fingerprint density at radius 2 is 1.86 bits per heavy atom. The summed E-state index contributed by atoms with van der Waals surface area (Å²) in [6.07, 6.45) is 1.90. The molecule has 0 radical (unpaired) electrons. The molecule has 0 aliphatic carbocycles. The van der Waals surface area contributed by atoms with Gasteiger partial charge in [-0.2, -0.15) is 0 Å². The van der Waals surface area contributed by atoms with E-state index in [4.69, 9.17) is 5.73 Å². The van der Waals surface area contributed by atoms with Crippen molar-refractivity contribution in [1.82, 2.24) is 4.90 Å². The van der Waals surface area contributed by atoms with E-state index in [-0.39, 0.29) is 30.2 Å². The zero-order chi connectivity index (χ0) is 15.1. The summed E-state index contributed by atoms with van der Waals surface area (Å²) in [7, 11) is 1.81. The second-order valence-corrected chi connectivity index (χ2v) is 5.64. The van der Waals surface area contributed by atoms with E-state index < -0.39 is 0 Å². The lowest BCUT2D eigenvalue weighted by atomic mass is 10.0. The summed E-state index contributed by atoms with van der Waals surface area (Å²) >= 11 is 0. The van der Waals surface area contributed by atoms with Crippen molar-refractivity contribution in [2.75, 3.05) is 13.6 Å². The van der Waals surface area contributed by atoms with Gasteiger partial charge in [0.1, 0.15) is 5.82 Å². The highest BCUT2D eigenvalue weighted by atomic mass is 35.5. The van der Waals surface area contributed by atoms with Gasteiger partial charge in [-0.15, -0.1) is 12.4 Å². The summed E-state index contributed by atoms with van der Waals surface area (Å²) in [5.74, 6) is 0.280. The van der Waals surface area contributed by atoms with Gasteiger partial charge in [0, 0.05) is 26.1 Å². The molecule has 5 heteroatoms. The third kappa shape index (κ3) is 7.44. The van der Waals surface area contributed by atoms with Gasteiger partial charge in [-0.1, -0.05) is 26.0 Å². The number of nitrogens with zero attached hydrogens (tertiary/aromatic N) is 1. The molecule has 1 rings (SSSR count). The van der Waals surface area contributed by atoms with Crippen molar-refractivity contribution in [1.29, 1.82) is 0 Å². The Labute approximate surface area is 133 Å². The number of amides is 1. The number of carbonyl (C=O) groups excluding carboxylic acids is 1. The molecule has 120 valence electrons. The van der Waals surface area contributed by atoms with E-state index in [1.165, 1.54) is 12.1 Å². The number of carbonyl (C=O) groups is 1. The molecule has 0 saturated carbocycles. The first-order chi connectivity index (χ1) is 9.40. The van der Waals surface area contributed by atoms with E-state index in [0.29, 0.717) is 25.3 Å². The van der Waals surface area contributed by atoms with Crippen molar-refractivity contribution in [2.45, 2.75) is 39.2 Å². The molecule has 21 heavy (non-hydrogen) atoms. The SMILES string of the molecule is CC(C)C(N)CCN(C)C(=O)CCc1ccc(F)cc1.Cl. The first-order valence-electron chi connectivity index (χ1n) is 7.14. The van der Waals surface area contributed by atoms with E-state index in [1.807, 2.05) is 0 Å². The smallest absolute Gasteiger partial charge is 0.222 e. The predicted molar refractivity (Wildman–Crippen MR) is 87.0 cm³/mol. The van der Waals surface area contributed by atoms with Crippen LogP contribution in [0.3, 0.4) is 0 Å². The Hall–Kier alpha value is -1.13. The zero-order valence-corrected chi connectivity index (χ0v) is 13.8. The molecule has 0 spiro atoms. The fourth-order valence-corrected chi connectivity index (χ4v) is 1.89. The second-order valence-electron chi connectivity index (χ2n) is 5.64. The molecule has 1 atom stereocenters.